The van der Waals surface area contributed by atoms with Gasteiger partial charge in [0.15, 0.2) is 0 Å². The third kappa shape index (κ3) is 3.86. The van der Waals surface area contributed by atoms with Gasteiger partial charge in [-0.05, 0) is 19.1 Å². The lowest BCUT2D eigenvalue weighted by atomic mass is 10.1. The van der Waals surface area contributed by atoms with Gasteiger partial charge in [-0.15, -0.1) is 10.2 Å². The van der Waals surface area contributed by atoms with E-state index < -0.39 is 18.1 Å². The molecule has 4 aromatic rings. The van der Waals surface area contributed by atoms with E-state index in [2.05, 4.69) is 15.2 Å². The quantitative estimate of drug-likeness (QED) is 0.486. The Labute approximate surface area is 168 Å². The molecule has 152 valence electrons. The van der Waals surface area contributed by atoms with Crippen LogP contribution in [0.2, 0.25) is 0 Å². The number of halogens is 3. The molecule has 0 spiro atoms. The molecule has 0 saturated heterocycles. The van der Waals surface area contributed by atoms with Crippen LogP contribution in [0.25, 0.3) is 22.7 Å². The van der Waals surface area contributed by atoms with Gasteiger partial charge in [0.1, 0.15) is 11.6 Å². The van der Waals surface area contributed by atoms with Crippen LogP contribution in [-0.4, -0.2) is 19.7 Å². The first kappa shape index (κ1) is 19.6. The SMILES string of the molecule is Cc1nc(-c2ccccc2)cc(=O)n1Cc1ccc(-c2nnc(C(F)F)o2)cc1F. The van der Waals surface area contributed by atoms with E-state index >= 15 is 0 Å². The van der Waals surface area contributed by atoms with Crippen LogP contribution in [0.15, 0.2) is 63.8 Å². The molecule has 0 aliphatic heterocycles. The van der Waals surface area contributed by atoms with Crippen molar-refractivity contribution >= 4 is 0 Å². The standard InChI is InChI=1S/C21H15F3N4O2/c1-12-25-17(13-5-3-2-4-6-13)10-18(29)28(12)11-15-8-7-14(9-16(15)22)20-26-27-21(30-20)19(23)24/h2-10,19H,11H2,1H3. The van der Waals surface area contributed by atoms with Gasteiger partial charge in [-0.25, -0.2) is 9.37 Å². The highest BCUT2D eigenvalue weighted by Gasteiger charge is 2.18. The van der Waals surface area contributed by atoms with E-state index in [1.165, 1.54) is 22.8 Å². The Balaban J connectivity index is 1.62. The van der Waals surface area contributed by atoms with Crippen LogP contribution in [0, 0.1) is 12.7 Å². The number of hydrogen-bond donors (Lipinski definition) is 0. The predicted molar refractivity (Wildman–Crippen MR) is 102 cm³/mol. The van der Waals surface area contributed by atoms with E-state index in [4.69, 9.17) is 4.42 Å². The molecule has 2 aromatic carbocycles. The normalized spacial score (nSPS) is 11.2. The Hall–Kier alpha value is -3.75. The first-order valence-corrected chi connectivity index (χ1v) is 8.96. The van der Waals surface area contributed by atoms with Gasteiger partial charge in [0.05, 0.1) is 12.2 Å². The Morgan fingerprint density at radius 1 is 1.03 bits per heavy atom. The number of benzene rings is 2. The molecule has 0 aliphatic rings. The molecule has 0 radical (unpaired) electrons. The maximum absolute atomic E-state index is 14.6. The molecule has 0 aliphatic carbocycles. The minimum atomic E-state index is -2.91. The maximum Gasteiger partial charge on any atom is 0.314 e. The van der Waals surface area contributed by atoms with E-state index in [0.29, 0.717) is 11.5 Å². The van der Waals surface area contributed by atoms with Gasteiger partial charge in [0.25, 0.3) is 11.4 Å². The number of hydrogen-bond acceptors (Lipinski definition) is 5. The van der Waals surface area contributed by atoms with E-state index in [-0.39, 0.29) is 29.1 Å². The van der Waals surface area contributed by atoms with E-state index in [9.17, 15) is 18.0 Å². The number of nitrogens with zero attached hydrogens (tertiary/aromatic N) is 4. The van der Waals surface area contributed by atoms with E-state index in [0.717, 1.165) is 11.6 Å². The van der Waals surface area contributed by atoms with E-state index in [1.807, 2.05) is 30.3 Å². The summed E-state index contributed by atoms with van der Waals surface area (Å²) in [5, 5.41) is 6.73. The lowest BCUT2D eigenvalue weighted by Gasteiger charge is -2.12. The fourth-order valence-corrected chi connectivity index (χ4v) is 2.99. The summed E-state index contributed by atoms with van der Waals surface area (Å²) in [7, 11) is 0. The highest BCUT2D eigenvalue weighted by Crippen LogP contribution is 2.25. The summed E-state index contributed by atoms with van der Waals surface area (Å²) in [6, 6.07) is 14.7. The van der Waals surface area contributed by atoms with Gasteiger partial charge in [-0.1, -0.05) is 36.4 Å². The van der Waals surface area contributed by atoms with Crippen molar-refractivity contribution < 1.29 is 17.6 Å². The Morgan fingerprint density at radius 2 is 1.80 bits per heavy atom. The number of alkyl halides is 2. The minimum absolute atomic E-state index is 0.0367. The summed E-state index contributed by atoms with van der Waals surface area (Å²) in [6.07, 6.45) is -2.91. The molecule has 30 heavy (non-hydrogen) atoms. The minimum Gasteiger partial charge on any atom is -0.415 e. The molecule has 9 heteroatoms. The van der Waals surface area contributed by atoms with Crippen molar-refractivity contribution in [2.75, 3.05) is 0 Å². The third-order valence-corrected chi connectivity index (χ3v) is 4.52. The van der Waals surface area contributed by atoms with Crippen molar-refractivity contribution in [2.24, 2.45) is 0 Å². The van der Waals surface area contributed by atoms with Crippen LogP contribution in [0.5, 0.6) is 0 Å². The number of aryl methyl sites for hydroxylation is 1. The van der Waals surface area contributed by atoms with Crippen molar-refractivity contribution in [3.8, 4) is 22.7 Å². The summed E-state index contributed by atoms with van der Waals surface area (Å²) < 4.78 is 46.0. The van der Waals surface area contributed by atoms with Crippen LogP contribution in [0.4, 0.5) is 13.2 Å². The van der Waals surface area contributed by atoms with Crippen LogP contribution in [0.1, 0.15) is 23.7 Å². The third-order valence-electron chi connectivity index (χ3n) is 4.52. The van der Waals surface area contributed by atoms with Crippen LogP contribution in [0.3, 0.4) is 0 Å². The highest BCUT2D eigenvalue weighted by atomic mass is 19.3. The van der Waals surface area contributed by atoms with Crippen LogP contribution < -0.4 is 5.56 Å². The first-order chi connectivity index (χ1) is 14.4. The second-order valence-corrected chi connectivity index (χ2v) is 6.53. The molecule has 0 amide bonds. The Kier molecular flexibility index (Phi) is 5.18. The smallest absolute Gasteiger partial charge is 0.314 e. The van der Waals surface area contributed by atoms with Gasteiger partial charge in [-0.3, -0.25) is 9.36 Å². The number of rotatable bonds is 5. The monoisotopic (exact) mass is 412 g/mol. The molecule has 0 saturated carbocycles. The lowest BCUT2D eigenvalue weighted by Crippen LogP contribution is -2.24. The Morgan fingerprint density at radius 3 is 2.43 bits per heavy atom. The fourth-order valence-electron chi connectivity index (χ4n) is 2.99. The summed E-state index contributed by atoms with van der Waals surface area (Å²) >= 11 is 0. The molecular weight excluding hydrogens is 397 g/mol. The summed E-state index contributed by atoms with van der Waals surface area (Å²) in [4.78, 5) is 17.1. The second kappa shape index (κ2) is 7.94. The molecule has 2 aromatic heterocycles. The zero-order chi connectivity index (χ0) is 21.3. The fraction of sp³-hybridized carbons (Fsp3) is 0.143. The van der Waals surface area contributed by atoms with Crippen molar-refractivity contribution in [1.29, 1.82) is 0 Å². The maximum atomic E-state index is 14.6. The van der Waals surface area contributed by atoms with Crippen LogP contribution >= 0.6 is 0 Å². The summed E-state index contributed by atoms with van der Waals surface area (Å²) in [5.74, 6) is -1.25. The lowest BCUT2D eigenvalue weighted by molar-refractivity contribution is 0.116. The molecule has 4 rings (SSSR count). The average Bonchev–Trinajstić information content (AvgIpc) is 3.23. The Bertz CT molecular complexity index is 1250. The zero-order valence-corrected chi connectivity index (χ0v) is 15.7. The van der Waals surface area contributed by atoms with Gasteiger partial charge in [0, 0.05) is 22.8 Å². The molecule has 0 atom stereocenters. The molecular formula is C21H15F3N4O2. The highest BCUT2D eigenvalue weighted by molar-refractivity contribution is 5.58. The van der Waals surface area contributed by atoms with Gasteiger partial charge in [0.2, 0.25) is 5.89 Å². The van der Waals surface area contributed by atoms with Gasteiger partial charge < -0.3 is 4.42 Å². The first-order valence-electron chi connectivity index (χ1n) is 8.96. The molecule has 0 N–H and O–H groups in total. The van der Waals surface area contributed by atoms with E-state index in [1.54, 1.807) is 6.92 Å². The topological polar surface area (TPSA) is 73.8 Å². The predicted octanol–water partition coefficient (Wildman–Crippen LogP) is 4.39. The average molecular weight is 412 g/mol. The molecule has 0 bridgehead atoms. The zero-order valence-electron chi connectivity index (χ0n) is 15.7. The molecule has 6 nitrogen and oxygen atoms in total. The second-order valence-electron chi connectivity index (χ2n) is 6.53. The molecule has 0 unspecified atom stereocenters. The summed E-state index contributed by atoms with van der Waals surface area (Å²) in [6.45, 7) is 1.63. The van der Waals surface area contributed by atoms with Gasteiger partial charge in [-0.2, -0.15) is 8.78 Å². The largest absolute Gasteiger partial charge is 0.415 e. The van der Waals surface area contributed by atoms with Crippen LogP contribution in [-0.2, 0) is 6.54 Å². The van der Waals surface area contributed by atoms with Gasteiger partial charge >= 0.3 is 6.43 Å². The van der Waals surface area contributed by atoms with Crippen molar-refractivity contribution in [3.63, 3.8) is 0 Å². The number of aromatic nitrogens is 4. The molecule has 2 heterocycles. The van der Waals surface area contributed by atoms with Crippen molar-refractivity contribution in [1.82, 2.24) is 19.7 Å². The molecule has 0 fully saturated rings. The van der Waals surface area contributed by atoms with Crippen molar-refractivity contribution in [3.05, 3.63) is 88.0 Å². The summed E-state index contributed by atoms with van der Waals surface area (Å²) in [5.41, 5.74) is 1.42. The van der Waals surface area contributed by atoms with Crippen molar-refractivity contribution in [2.45, 2.75) is 19.9 Å².